The van der Waals surface area contributed by atoms with Gasteiger partial charge in [-0.1, -0.05) is 38.1 Å². The number of alkyl halides is 6. The van der Waals surface area contributed by atoms with Gasteiger partial charge in [0, 0.05) is 43.9 Å². The fourth-order valence-electron chi connectivity index (χ4n) is 4.39. The lowest BCUT2D eigenvalue weighted by atomic mass is 9.91. The number of hydrogen-bond donors (Lipinski definition) is 4. The highest BCUT2D eigenvalue weighted by Crippen LogP contribution is 2.50. The molecule has 0 unspecified atom stereocenters. The second-order valence-corrected chi connectivity index (χ2v) is 10.3. The molecule has 2 aromatic rings. The van der Waals surface area contributed by atoms with Crippen molar-refractivity contribution in [2.24, 2.45) is 5.92 Å². The molecule has 1 aliphatic heterocycles. The van der Waals surface area contributed by atoms with Gasteiger partial charge in [0.1, 0.15) is 5.82 Å². The zero-order valence-corrected chi connectivity index (χ0v) is 22.7. The van der Waals surface area contributed by atoms with Crippen molar-refractivity contribution in [2.75, 3.05) is 38.1 Å². The highest BCUT2D eigenvalue weighted by atomic mass is 19.4. The van der Waals surface area contributed by atoms with E-state index < -0.39 is 47.3 Å². The molecule has 1 aliphatic rings. The normalized spacial score (nSPS) is 16.0. The number of hydrogen-bond acceptors (Lipinski definition) is 5. The van der Waals surface area contributed by atoms with Crippen LogP contribution in [-0.4, -0.2) is 83.1 Å². The Morgan fingerprint density at radius 2 is 1.50 bits per heavy atom. The van der Waals surface area contributed by atoms with Gasteiger partial charge in [-0.25, -0.2) is 9.18 Å². The SMILES string of the molecule is CC(C)[C@@H](CO)NC(=O)Nc1ccc(C(=O)N2CCN(Cc3ccc(C(O)(C(F)(F)F)C(F)(F)F)cc3)CC2)cc1F. The summed E-state index contributed by atoms with van der Waals surface area (Å²) in [5.74, 6) is -1.37. The average molecular weight is 609 g/mol. The maximum atomic E-state index is 14.6. The topological polar surface area (TPSA) is 105 Å². The Morgan fingerprint density at radius 1 is 0.929 bits per heavy atom. The molecule has 8 nitrogen and oxygen atoms in total. The number of urea groups is 1. The average Bonchev–Trinajstić information content (AvgIpc) is 2.91. The van der Waals surface area contributed by atoms with Crippen LogP contribution in [0.2, 0.25) is 0 Å². The molecule has 0 aromatic heterocycles. The first-order chi connectivity index (χ1) is 19.5. The second-order valence-electron chi connectivity index (χ2n) is 10.3. The number of halogens is 7. The largest absolute Gasteiger partial charge is 0.430 e. The van der Waals surface area contributed by atoms with Crippen molar-refractivity contribution in [3.63, 3.8) is 0 Å². The maximum absolute atomic E-state index is 14.6. The van der Waals surface area contributed by atoms with Gasteiger partial charge in [-0.15, -0.1) is 0 Å². The Labute approximate surface area is 237 Å². The summed E-state index contributed by atoms with van der Waals surface area (Å²) in [6, 6.07) is 5.64. The number of anilines is 1. The summed E-state index contributed by atoms with van der Waals surface area (Å²) in [7, 11) is 0. The van der Waals surface area contributed by atoms with Crippen molar-refractivity contribution in [3.8, 4) is 0 Å². The summed E-state index contributed by atoms with van der Waals surface area (Å²) >= 11 is 0. The lowest BCUT2D eigenvalue weighted by Gasteiger charge is -2.35. The molecule has 3 amide bonds. The third-order valence-electron chi connectivity index (χ3n) is 7.04. The number of carbonyl (C=O) groups excluding carboxylic acids is 2. The first kappa shape index (κ1) is 33.1. The predicted molar refractivity (Wildman–Crippen MR) is 138 cm³/mol. The highest BCUT2D eigenvalue weighted by molar-refractivity contribution is 5.95. The monoisotopic (exact) mass is 608 g/mol. The zero-order chi connectivity index (χ0) is 31.5. The minimum absolute atomic E-state index is 0.0414. The molecule has 0 spiro atoms. The molecule has 3 rings (SSSR count). The lowest BCUT2D eigenvalue weighted by molar-refractivity contribution is -0.376. The Balaban J connectivity index is 1.57. The third-order valence-corrected chi connectivity index (χ3v) is 7.04. The van der Waals surface area contributed by atoms with Crippen molar-refractivity contribution in [3.05, 3.63) is 65.0 Å². The minimum atomic E-state index is -5.97. The fourth-order valence-corrected chi connectivity index (χ4v) is 4.39. The molecule has 232 valence electrons. The van der Waals surface area contributed by atoms with Crippen LogP contribution in [0, 0.1) is 11.7 Å². The van der Waals surface area contributed by atoms with Gasteiger partial charge in [-0.3, -0.25) is 9.69 Å². The predicted octanol–water partition coefficient (Wildman–Crippen LogP) is 4.23. The van der Waals surface area contributed by atoms with Gasteiger partial charge in [0.2, 0.25) is 0 Å². The van der Waals surface area contributed by atoms with Gasteiger partial charge in [0.25, 0.3) is 11.5 Å². The first-order valence-corrected chi connectivity index (χ1v) is 12.9. The lowest BCUT2D eigenvalue weighted by Crippen LogP contribution is -2.53. The third kappa shape index (κ3) is 7.31. The van der Waals surface area contributed by atoms with Crippen LogP contribution in [0.1, 0.15) is 35.3 Å². The van der Waals surface area contributed by atoms with Gasteiger partial charge in [-0.2, -0.15) is 26.3 Å². The number of benzene rings is 2. The molecule has 0 saturated carbocycles. The van der Waals surface area contributed by atoms with Crippen molar-refractivity contribution in [2.45, 2.75) is 44.4 Å². The van der Waals surface area contributed by atoms with E-state index in [-0.39, 0.29) is 43.4 Å². The Kier molecular flexibility index (Phi) is 10.1. The van der Waals surface area contributed by atoms with E-state index in [1.165, 1.54) is 17.0 Å². The quantitative estimate of drug-likeness (QED) is 0.336. The summed E-state index contributed by atoms with van der Waals surface area (Å²) in [6.07, 6.45) is -11.9. The number of carbonyl (C=O) groups is 2. The molecule has 0 bridgehead atoms. The number of nitrogens with one attached hydrogen (secondary N) is 2. The molecule has 15 heteroatoms. The second kappa shape index (κ2) is 12.8. The van der Waals surface area contributed by atoms with Crippen LogP contribution < -0.4 is 10.6 Å². The molecule has 0 aliphatic carbocycles. The van der Waals surface area contributed by atoms with E-state index in [2.05, 4.69) is 10.6 Å². The molecule has 2 aromatic carbocycles. The van der Waals surface area contributed by atoms with E-state index in [0.717, 1.165) is 18.2 Å². The molecule has 1 heterocycles. The van der Waals surface area contributed by atoms with Gasteiger partial charge in [-0.05, 0) is 29.7 Å². The molecule has 0 radical (unpaired) electrons. The molecule has 1 saturated heterocycles. The number of aliphatic hydroxyl groups excluding tert-OH is 1. The van der Waals surface area contributed by atoms with E-state index in [4.69, 9.17) is 0 Å². The molecule has 42 heavy (non-hydrogen) atoms. The number of nitrogens with zero attached hydrogens (tertiary/aromatic N) is 2. The van der Waals surface area contributed by atoms with Crippen molar-refractivity contribution < 1.29 is 50.5 Å². The summed E-state index contributed by atoms with van der Waals surface area (Å²) in [5.41, 5.74) is -6.07. The van der Waals surface area contributed by atoms with Crippen molar-refractivity contribution in [1.82, 2.24) is 15.1 Å². The smallest absolute Gasteiger partial charge is 0.394 e. The van der Waals surface area contributed by atoms with Crippen LogP contribution in [0.15, 0.2) is 42.5 Å². The van der Waals surface area contributed by atoms with Crippen molar-refractivity contribution >= 4 is 17.6 Å². The fraction of sp³-hybridized carbons (Fsp3) is 0.481. The summed E-state index contributed by atoms with van der Waals surface area (Å²) in [5, 5.41) is 23.7. The van der Waals surface area contributed by atoms with Crippen LogP contribution >= 0.6 is 0 Å². The Bertz CT molecular complexity index is 1230. The number of aliphatic hydroxyl groups is 2. The van der Waals surface area contributed by atoms with Crippen LogP contribution in [0.4, 0.5) is 41.2 Å². The highest BCUT2D eigenvalue weighted by Gasteiger charge is 2.71. The van der Waals surface area contributed by atoms with Crippen molar-refractivity contribution in [1.29, 1.82) is 0 Å². The standard InChI is InChI=1S/C27H31F7N4O4/c1-16(2)22(15-39)36-24(41)35-21-8-5-18(13-20(21)28)23(40)38-11-9-37(10-12-38)14-17-3-6-19(7-4-17)25(42,26(29,30)31)27(32,33)34/h3-8,13,16,22,39,42H,9-12,14-15H2,1-2H3,(H2,35,36,41)/t22-/m1/s1. The first-order valence-electron chi connectivity index (χ1n) is 12.9. The van der Waals surface area contributed by atoms with Crippen LogP contribution in [0.25, 0.3) is 0 Å². The number of piperazine rings is 1. The van der Waals surface area contributed by atoms with Gasteiger partial charge < -0.3 is 25.7 Å². The Hall–Kier alpha value is -3.43. The van der Waals surface area contributed by atoms with E-state index in [1.807, 2.05) is 4.90 Å². The van der Waals surface area contributed by atoms with E-state index in [1.54, 1.807) is 13.8 Å². The minimum Gasteiger partial charge on any atom is -0.394 e. The molecule has 1 atom stereocenters. The molecular formula is C27H31F7N4O4. The van der Waals surface area contributed by atoms with Crippen LogP contribution in [-0.2, 0) is 12.1 Å². The molecule has 4 N–H and O–H groups in total. The van der Waals surface area contributed by atoms with Gasteiger partial charge in [0.15, 0.2) is 0 Å². The Morgan fingerprint density at radius 3 is 1.98 bits per heavy atom. The van der Waals surface area contributed by atoms with Crippen LogP contribution in [0.5, 0.6) is 0 Å². The number of rotatable bonds is 8. The zero-order valence-electron chi connectivity index (χ0n) is 22.7. The van der Waals surface area contributed by atoms with Gasteiger partial charge >= 0.3 is 18.4 Å². The van der Waals surface area contributed by atoms with E-state index >= 15 is 0 Å². The number of amides is 3. The molecular weight excluding hydrogens is 577 g/mol. The summed E-state index contributed by atoms with van der Waals surface area (Å²) < 4.78 is 93.2. The molecule has 1 fully saturated rings. The van der Waals surface area contributed by atoms with E-state index in [0.29, 0.717) is 30.8 Å². The van der Waals surface area contributed by atoms with Gasteiger partial charge in [0.05, 0.1) is 18.3 Å². The summed E-state index contributed by atoms with van der Waals surface area (Å²) in [6.45, 7) is 4.56. The summed E-state index contributed by atoms with van der Waals surface area (Å²) in [4.78, 5) is 28.3. The van der Waals surface area contributed by atoms with Crippen LogP contribution in [0.3, 0.4) is 0 Å². The van der Waals surface area contributed by atoms with E-state index in [9.17, 15) is 50.5 Å². The maximum Gasteiger partial charge on any atom is 0.430 e.